The fraction of sp³-hybridized carbons (Fsp3) is 0.571. The van der Waals surface area contributed by atoms with Gasteiger partial charge in [0.1, 0.15) is 4.90 Å². The van der Waals surface area contributed by atoms with E-state index in [4.69, 9.17) is 0 Å². The fourth-order valence-corrected chi connectivity index (χ4v) is 3.05. The number of anilines is 1. The number of nitrogens with zero attached hydrogens (tertiary/aromatic N) is 2. The van der Waals surface area contributed by atoms with Crippen LogP contribution in [0.2, 0.25) is 0 Å². The lowest BCUT2D eigenvalue weighted by Crippen LogP contribution is -2.33. The number of hydrogen-bond donors (Lipinski definition) is 1. The molecule has 0 heterocycles. The highest BCUT2D eigenvalue weighted by Crippen LogP contribution is 2.23. The van der Waals surface area contributed by atoms with Gasteiger partial charge < -0.3 is 10.2 Å². The molecule has 1 N–H and O–H groups in total. The van der Waals surface area contributed by atoms with E-state index in [1.807, 2.05) is 38.1 Å². The summed E-state index contributed by atoms with van der Waals surface area (Å²) in [6, 6.07) is 7.06. The molecular formula is C14H25N3O2S. The molecule has 0 amide bonds. The summed E-state index contributed by atoms with van der Waals surface area (Å²) in [6.45, 7) is 3.97. The Kier molecular flexibility index (Phi) is 6.45. The van der Waals surface area contributed by atoms with Gasteiger partial charge >= 0.3 is 0 Å². The van der Waals surface area contributed by atoms with Gasteiger partial charge in [-0.2, -0.15) is 4.31 Å². The quantitative estimate of drug-likeness (QED) is 0.794. The molecule has 1 aromatic carbocycles. The number of para-hydroxylation sites is 1. The van der Waals surface area contributed by atoms with Crippen LogP contribution in [0.5, 0.6) is 0 Å². The molecule has 0 atom stereocenters. The highest BCUT2D eigenvalue weighted by atomic mass is 32.2. The van der Waals surface area contributed by atoms with Crippen LogP contribution in [0.3, 0.4) is 0 Å². The van der Waals surface area contributed by atoms with Crippen molar-refractivity contribution in [2.45, 2.75) is 18.2 Å². The van der Waals surface area contributed by atoms with Gasteiger partial charge in [0.2, 0.25) is 10.0 Å². The van der Waals surface area contributed by atoms with E-state index in [2.05, 4.69) is 5.32 Å². The Labute approximate surface area is 122 Å². The lowest BCUT2D eigenvalue weighted by Gasteiger charge is -2.21. The average molecular weight is 299 g/mol. The summed E-state index contributed by atoms with van der Waals surface area (Å²) < 4.78 is 26.6. The van der Waals surface area contributed by atoms with Gasteiger partial charge in [0, 0.05) is 26.7 Å². The second-order valence-electron chi connectivity index (χ2n) is 5.05. The van der Waals surface area contributed by atoms with Crippen LogP contribution in [0, 0.1) is 0 Å². The summed E-state index contributed by atoms with van der Waals surface area (Å²) in [5.74, 6) is 0. The van der Waals surface area contributed by atoms with Crippen LogP contribution in [0.4, 0.5) is 5.69 Å². The normalized spacial score (nSPS) is 12.1. The molecular weight excluding hydrogens is 274 g/mol. The lowest BCUT2D eigenvalue weighted by atomic mass is 10.3. The fourth-order valence-electron chi connectivity index (χ4n) is 1.73. The smallest absolute Gasteiger partial charge is 0.244 e. The van der Waals surface area contributed by atoms with Crippen LogP contribution in [0.1, 0.15) is 13.3 Å². The standard InChI is InChI=1S/C14H25N3O2S/c1-5-10-15-13-8-6-7-9-14(13)20(18,19)17(4)12-11-16(2)3/h6-9,15H,5,10-12H2,1-4H3. The molecule has 0 bridgehead atoms. The van der Waals surface area contributed by atoms with E-state index in [-0.39, 0.29) is 0 Å². The molecule has 5 nitrogen and oxygen atoms in total. The van der Waals surface area contributed by atoms with Gasteiger partial charge in [0.25, 0.3) is 0 Å². The molecule has 0 aliphatic rings. The zero-order valence-electron chi connectivity index (χ0n) is 12.8. The molecule has 0 aliphatic carbocycles. The minimum atomic E-state index is -3.45. The molecule has 114 valence electrons. The highest BCUT2D eigenvalue weighted by molar-refractivity contribution is 7.89. The monoisotopic (exact) mass is 299 g/mol. The Morgan fingerprint density at radius 2 is 1.75 bits per heavy atom. The summed E-state index contributed by atoms with van der Waals surface area (Å²) in [4.78, 5) is 2.31. The molecule has 0 spiro atoms. The van der Waals surface area contributed by atoms with E-state index >= 15 is 0 Å². The first kappa shape index (κ1) is 16.9. The van der Waals surface area contributed by atoms with Crippen molar-refractivity contribution in [1.29, 1.82) is 0 Å². The third-order valence-corrected chi connectivity index (χ3v) is 4.92. The van der Waals surface area contributed by atoms with Crippen LogP contribution in [0.25, 0.3) is 0 Å². The van der Waals surface area contributed by atoms with Gasteiger partial charge in [0.15, 0.2) is 0 Å². The SMILES string of the molecule is CCCNc1ccccc1S(=O)(=O)N(C)CCN(C)C. The molecule has 20 heavy (non-hydrogen) atoms. The number of likely N-dealkylation sites (N-methyl/N-ethyl adjacent to an activating group) is 2. The third-order valence-electron chi connectivity index (χ3n) is 3.00. The van der Waals surface area contributed by atoms with E-state index in [1.165, 1.54) is 4.31 Å². The van der Waals surface area contributed by atoms with Crippen molar-refractivity contribution >= 4 is 15.7 Å². The zero-order chi connectivity index (χ0) is 15.2. The number of hydrogen-bond acceptors (Lipinski definition) is 4. The molecule has 0 saturated carbocycles. The van der Waals surface area contributed by atoms with Crippen LogP contribution < -0.4 is 5.32 Å². The summed E-state index contributed by atoms with van der Waals surface area (Å²) in [7, 11) is 2.02. The van der Waals surface area contributed by atoms with Crippen molar-refractivity contribution < 1.29 is 8.42 Å². The number of nitrogens with one attached hydrogen (secondary N) is 1. The van der Waals surface area contributed by atoms with Crippen molar-refractivity contribution in [3.05, 3.63) is 24.3 Å². The van der Waals surface area contributed by atoms with E-state index < -0.39 is 10.0 Å². The molecule has 0 aromatic heterocycles. The lowest BCUT2D eigenvalue weighted by molar-refractivity contribution is 0.358. The molecule has 6 heteroatoms. The van der Waals surface area contributed by atoms with E-state index in [0.717, 1.165) is 13.0 Å². The van der Waals surface area contributed by atoms with Crippen molar-refractivity contribution in [2.75, 3.05) is 46.1 Å². The minimum Gasteiger partial charge on any atom is -0.384 e. The Balaban J connectivity index is 2.96. The average Bonchev–Trinajstić information content (AvgIpc) is 2.42. The van der Waals surface area contributed by atoms with Crippen molar-refractivity contribution in [1.82, 2.24) is 9.21 Å². The van der Waals surface area contributed by atoms with Crippen molar-refractivity contribution in [3.8, 4) is 0 Å². The third kappa shape index (κ3) is 4.47. The summed E-state index contributed by atoms with van der Waals surface area (Å²) in [5, 5.41) is 3.17. The van der Waals surface area contributed by atoms with E-state index in [9.17, 15) is 8.42 Å². The van der Waals surface area contributed by atoms with Crippen LogP contribution >= 0.6 is 0 Å². The predicted molar refractivity (Wildman–Crippen MR) is 83.6 cm³/mol. The Bertz CT molecular complexity index is 515. The maximum atomic E-state index is 12.6. The Hall–Kier alpha value is -1.11. The highest BCUT2D eigenvalue weighted by Gasteiger charge is 2.23. The van der Waals surface area contributed by atoms with Crippen LogP contribution in [-0.2, 0) is 10.0 Å². The summed E-state index contributed by atoms with van der Waals surface area (Å²) in [5.41, 5.74) is 0.672. The number of sulfonamides is 1. The number of benzene rings is 1. The molecule has 0 radical (unpaired) electrons. The molecule has 0 unspecified atom stereocenters. The first-order valence-corrected chi connectivity index (χ1v) is 8.27. The van der Waals surface area contributed by atoms with Gasteiger partial charge in [-0.1, -0.05) is 19.1 Å². The maximum Gasteiger partial charge on any atom is 0.244 e. The Morgan fingerprint density at radius 3 is 2.35 bits per heavy atom. The summed E-state index contributed by atoms with van der Waals surface area (Å²) in [6.07, 6.45) is 0.949. The Morgan fingerprint density at radius 1 is 1.10 bits per heavy atom. The second kappa shape index (κ2) is 7.61. The first-order valence-electron chi connectivity index (χ1n) is 6.83. The zero-order valence-corrected chi connectivity index (χ0v) is 13.6. The molecule has 0 fully saturated rings. The van der Waals surface area contributed by atoms with Gasteiger partial charge in [-0.25, -0.2) is 8.42 Å². The van der Waals surface area contributed by atoms with Crippen LogP contribution in [-0.4, -0.2) is 58.4 Å². The van der Waals surface area contributed by atoms with E-state index in [1.54, 1.807) is 19.2 Å². The molecule has 0 saturated heterocycles. The van der Waals surface area contributed by atoms with Gasteiger partial charge in [-0.3, -0.25) is 0 Å². The molecule has 1 aromatic rings. The largest absolute Gasteiger partial charge is 0.384 e. The second-order valence-corrected chi connectivity index (χ2v) is 7.07. The van der Waals surface area contributed by atoms with Crippen molar-refractivity contribution in [3.63, 3.8) is 0 Å². The van der Waals surface area contributed by atoms with E-state index in [0.29, 0.717) is 23.7 Å². The van der Waals surface area contributed by atoms with Gasteiger partial charge in [0.05, 0.1) is 5.69 Å². The van der Waals surface area contributed by atoms with Crippen LogP contribution in [0.15, 0.2) is 29.2 Å². The van der Waals surface area contributed by atoms with Crippen molar-refractivity contribution in [2.24, 2.45) is 0 Å². The first-order chi connectivity index (χ1) is 9.39. The molecule has 0 aliphatic heterocycles. The predicted octanol–water partition coefficient (Wildman–Crippen LogP) is 1.69. The number of rotatable bonds is 8. The minimum absolute atomic E-state index is 0.342. The molecule has 1 rings (SSSR count). The van der Waals surface area contributed by atoms with Gasteiger partial charge in [-0.05, 0) is 32.6 Å². The maximum absolute atomic E-state index is 12.6. The van der Waals surface area contributed by atoms with Gasteiger partial charge in [-0.15, -0.1) is 0 Å². The topological polar surface area (TPSA) is 52.7 Å². The summed E-state index contributed by atoms with van der Waals surface area (Å²) >= 11 is 0.